The third-order valence-corrected chi connectivity index (χ3v) is 3.72. The third kappa shape index (κ3) is 1.97. The number of hydrogen-bond donors (Lipinski definition) is 0. The second kappa shape index (κ2) is 4.69. The standard InChI is InChI=1S/C16H20/c1-3-14-9-8-12-16(4-2,13-14)15-10-6-5-7-11-15/h5-12H,3-4,13H2,1-2H3. The van der Waals surface area contributed by atoms with E-state index in [1.807, 2.05) is 0 Å². The molecule has 84 valence electrons. The molecule has 0 bridgehead atoms. The number of rotatable bonds is 3. The summed E-state index contributed by atoms with van der Waals surface area (Å²) >= 11 is 0. The molecule has 0 fully saturated rings. The Morgan fingerprint density at radius 3 is 2.50 bits per heavy atom. The van der Waals surface area contributed by atoms with E-state index in [-0.39, 0.29) is 5.41 Å². The zero-order valence-corrected chi connectivity index (χ0v) is 10.2. The summed E-state index contributed by atoms with van der Waals surface area (Å²) in [6.07, 6.45) is 10.4. The minimum atomic E-state index is 0.237. The van der Waals surface area contributed by atoms with E-state index in [9.17, 15) is 0 Å². The molecule has 16 heavy (non-hydrogen) atoms. The molecule has 0 saturated carbocycles. The Morgan fingerprint density at radius 2 is 1.88 bits per heavy atom. The minimum absolute atomic E-state index is 0.237. The molecule has 0 N–H and O–H groups in total. The summed E-state index contributed by atoms with van der Waals surface area (Å²) in [4.78, 5) is 0. The van der Waals surface area contributed by atoms with Gasteiger partial charge in [0.15, 0.2) is 0 Å². The van der Waals surface area contributed by atoms with E-state index >= 15 is 0 Å². The molecule has 0 heterocycles. The molecule has 0 aromatic heterocycles. The summed E-state index contributed by atoms with van der Waals surface area (Å²) in [5, 5.41) is 0. The Bertz CT molecular complexity index is 397. The SMILES string of the molecule is CCC1=CC=CC(CC)(c2ccccc2)C1. The molecule has 0 saturated heterocycles. The first-order valence-electron chi connectivity index (χ1n) is 6.23. The lowest BCUT2D eigenvalue weighted by Gasteiger charge is -2.33. The zero-order chi connectivity index (χ0) is 11.4. The van der Waals surface area contributed by atoms with Crippen molar-refractivity contribution in [3.05, 3.63) is 59.7 Å². The van der Waals surface area contributed by atoms with Gasteiger partial charge in [-0.3, -0.25) is 0 Å². The van der Waals surface area contributed by atoms with Crippen LogP contribution in [0.15, 0.2) is 54.1 Å². The van der Waals surface area contributed by atoms with Crippen LogP contribution in [0.1, 0.15) is 38.7 Å². The van der Waals surface area contributed by atoms with Crippen LogP contribution in [0.2, 0.25) is 0 Å². The highest BCUT2D eigenvalue weighted by Gasteiger charge is 2.29. The van der Waals surface area contributed by atoms with Crippen LogP contribution >= 0.6 is 0 Å². The lowest BCUT2D eigenvalue weighted by Crippen LogP contribution is -2.24. The van der Waals surface area contributed by atoms with Gasteiger partial charge in [0.1, 0.15) is 0 Å². The van der Waals surface area contributed by atoms with Crippen molar-refractivity contribution in [3.8, 4) is 0 Å². The molecule has 0 heteroatoms. The van der Waals surface area contributed by atoms with Crippen LogP contribution in [0.4, 0.5) is 0 Å². The van der Waals surface area contributed by atoms with Gasteiger partial charge >= 0.3 is 0 Å². The fraction of sp³-hybridized carbons (Fsp3) is 0.375. The van der Waals surface area contributed by atoms with Gasteiger partial charge in [-0.25, -0.2) is 0 Å². The number of allylic oxidation sites excluding steroid dienone is 4. The Kier molecular flexibility index (Phi) is 3.28. The van der Waals surface area contributed by atoms with Gasteiger partial charge in [-0.1, -0.05) is 68.0 Å². The number of benzene rings is 1. The molecule has 1 unspecified atom stereocenters. The fourth-order valence-corrected chi connectivity index (χ4v) is 2.55. The molecule has 0 radical (unpaired) electrons. The van der Waals surface area contributed by atoms with Gasteiger partial charge in [0, 0.05) is 5.41 Å². The van der Waals surface area contributed by atoms with Crippen LogP contribution in [0.25, 0.3) is 0 Å². The van der Waals surface area contributed by atoms with E-state index in [1.54, 1.807) is 5.57 Å². The predicted molar refractivity (Wildman–Crippen MR) is 70.5 cm³/mol. The maximum atomic E-state index is 2.38. The van der Waals surface area contributed by atoms with E-state index < -0.39 is 0 Å². The average Bonchev–Trinajstić information content (AvgIpc) is 2.39. The minimum Gasteiger partial charge on any atom is -0.0736 e. The molecule has 1 aliphatic rings. The van der Waals surface area contributed by atoms with Crippen molar-refractivity contribution in [1.29, 1.82) is 0 Å². The fourth-order valence-electron chi connectivity index (χ4n) is 2.55. The summed E-state index contributed by atoms with van der Waals surface area (Å²) in [5.41, 5.74) is 3.25. The largest absolute Gasteiger partial charge is 0.0736 e. The Morgan fingerprint density at radius 1 is 1.12 bits per heavy atom. The highest BCUT2D eigenvalue weighted by molar-refractivity contribution is 5.37. The monoisotopic (exact) mass is 212 g/mol. The van der Waals surface area contributed by atoms with Gasteiger partial charge in [-0.05, 0) is 24.8 Å². The van der Waals surface area contributed by atoms with Crippen LogP contribution in [0, 0.1) is 0 Å². The molecule has 2 rings (SSSR count). The summed E-state index contributed by atoms with van der Waals surface area (Å²) in [6, 6.07) is 10.9. The summed E-state index contributed by atoms with van der Waals surface area (Å²) < 4.78 is 0. The summed E-state index contributed by atoms with van der Waals surface area (Å²) in [7, 11) is 0. The Balaban J connectivity index is 2.36. The molecular formula is C16H20. The van der Waals surface area contributed by atoms with E-state index in [4.69, 9.17) is 0 Å². The first-order chi connectivity index (χ1) is 7.80. The van der Waals surface area contributed by atoms with E-state index in [1.165, 1.54) is 24.8 Å². The topological polar surface area (TPSA) is 0 Å². The Hall–Kier alpha value is -1.30. The molecule has 0 amide bonds. The van der Waals surface area contributed by atoms with Crippen LogP contribution in [0.3, 0.4) is 0 Å². The molecule has 1 aliphatic carbocycles. The van der Waals surface area contributed by atoms with Crippen LogP contribution in [-0.4, -0.2) is 0 Å². The molecule has 1 aromatic carbocycles. The smallest absolute Gasteiger partial charge is 0.0169 e. The van der Waals surface area contributed by atoms with Crippen LogP contribution < -0.4 is 0 Å². The first-order valence-corrected chi connectivity index (χ1v) is 6.23. The quantitative estimate of drug-likeness (QED) is 0.685. The lowest BCUT2D eigenvalue weighted by molar-refractivity contribution is 0.498. The highest BCUT2D eigenvalue weighted by Crippen LogP contribution is 2.39. The van der Waals surface area contributed by atoms with Gasteiger partial charge in [0.25, 0.3) is 0 Å². The molecule has 0 spiro atoms. The van der Waals surface area contributed by atoms with Crippen molar-refractivity contribution in [1.82, 2.24) is 0 Å². The van der Waals surface area contributed by atoms with Crippen molar-refractivity contribution in [2.45, 2.75) is 38.5 Å². The van der Waals surface area contributed by atoms with Crippen molar-refractivity contribution in [2.75, 3.05) is 0 Å². The summed E-state index contributed by atoms with van der Waals surface area (Å²) in [6.45, 7) is 4.53. The number of hydrogen-bond acceptors (Lipinski definition) is 0. The average molecular weight is 212 g/mol. The van der Waals surface area contributed by atoms with Gasteiger partial charge in [0.2, 0.25) is 0 Å². The summed E-state index contributed by atoms with van der Waals surface area (Å²) in [5.74, 6) is 0. The predicted octanol–water partition coefficient (Wildman–Crippen LogP) is 4.63. The van der Waals surface area contributed by atoms with Crippen molar-refractivity contribution >= 4 is 0 Å². The second-order valence-corrected chi connectivity index (χ2v) is 4.59. The van der Waals surface area contributed by atoms with Gasteiger partial charge in [-0.2, -0.15) is 0 Å². The molecule has 0 nitrogen and oxygen atoms in total. The first kappa shape index (κ1) is 11.2. The normalized spacial score (nSPS) is 24.2. The van der Waals surface area contributed by atoms with Gasteiger partial charge in [0.05, 0.1) is 0 Å². The van der Waals surface area contributed by atoms with Crippen molar-refractivity contribution < 1.29 is 0 Å². The Labute approximate surface area is 98.7 Å². The highest BCUT2D eigenvalue weighted by atomic mass is 14.3. The zero-order valence-electron chi connectivity index (χ0n) is 10.2. The lowest BCUT2D eigenvalue weighted by atomic mass is 9.71. The van der Waals surface area contributed by atoms with Crippen LogP contribution in [0.5, 0.6) is 0 Å². The van der Waals surface area contributed by atoms with E-state index in [0.29, 0.717) is 0 Å². The third-order valence-electron chi connectivity index (χ3n) is 3.72. The van der Waals surface area contributed by atoms with Gasteiger partial charge < -0.3 is 0 Å². The van der Waals surface area contributed by atoms with Crippen LogP contribution in [-0.2, 0) is 5.41 Å². The van der Waals surface area contributed by atoms with Crippen molar-refractivity contribution in [2.24, 2.45) is 0 Å². The molecule has 1 aromatic rings. The molecular weight excluding hydrogens is 192 g/mol. The van der Waals surface area contributed by atoms with Crippen molar-refractivity contribution in [3.63, 3.8) is 0 Å². The molecule has 0 aliphatic heterocycles. The maximum Gasteiger partial charge on any atom is 0.0169 e. The van der Waals surface area contributed by atoms with E-state index in [2.05, 4.69) is 62.4 Å². The molecule has 1 atom stereocenters. The van der Waals surface area contributed by atoms with Gasteiger partial charge in [-0.15, -0.1) is 0 Å². The maximum absolute atomic E-state index is 2.38. The second-order valence-electron chi connectivity index (χ2n) is 4.59. The van der Waals surface area contributed by atoms with E-state index in [0.717, 1.165) is 0 Å².